The van der Waals surface area contributed by atoms with E-state index in [0.29, 0.717) is 18.9 Å². The van der Waals surface area contributed by atoms with Crippen LogP contribution in [-0.2, 0) is 9.47 Å². The minimum atomic E-state index is -0.387. The molecule has 100 valence electrons. The number of nitriles is 1. The molecule has 6 heteroatoms. The van der Waals surface area contributed by atoms with Crippen LogP contribution in [-0.4, -0.2) is 37.1 Å². The van der Waals surface area contributed by atoms with Crippen LogP contribution in [0.2, 0.25) is 0 Å². The van der Waals surface area contributed by atoms with Gasteiger partial charge in [-0.3, -0.25) is 0 Å². The van der Waals surface area contributed by atoms with E-state index in [1.54, 1.807) is 6.07 Å². The van der Waals surface area contributed by atoms with E-state index in [-0.39, 0.29) is 11.5 Å². The second-order valence-electron chi connectivity index (χ2n) is 4.81. The second kappa shape index (κ2) is 4.68. The van der Waals surface area contributed by atoms with Crippen LogP contribution in [0.25, 0.3) is 0 Å². The largest absolute Gasteiger partial charge is 0.396 e. The number of hydrogen-bond acceptors (Lipinski definition) is 6. The first-order chi connectivity index (χ1) is 9.22. The van der Waals surface area contributed by atoms with Crippen molar-refractivity contribution >= 4 is 11.5 Å². The molecular weight excluding hydrogens is 244 g/mol. The Labute approximate surface area is 111 Å². The molecule has 1 spiro atoms. The lowest BCUT2D eigenvalue weighted by Crippen LogP contribution is -2.45. The maximum atomic E-state index is 8.96. The van der Waals surface area contributed by atoms with Crippen molar-refractivity contribution in [2.24, 2.45) is 0 Å². The fourth-order valence-corrected chi connectivity index (χ4v) is 2.59. The maximum absolute atomic E-state index is 8.96. The number of pyridine rings is 1. The number of anilines is 2. The van der Waals surface area contributed by atoms with Crippen LogP contribution in [0, 0.1) is 11.3 Å². The van der Waals surface area contributed by atoms with Gasteiger partial charge in [-0.05, 0) is 12.1 Å². The van der Waals surface area contributed by atoms with Crippen molar-refractivity contribution < 1.29 is 9.47 Å². The van der Waals surface area contributed by atoms with Gasteiger partial charge >= 0.3 is 0 Å². The Hall–Kier alpha value is -1.84. The maximum Gasteiger partial charge on any atom is 0.171 e. The summed E-state index contributed by atoms with van der Waals surface area (Å²) >= 11 is 0. The molecule has 3 heterocycles. The molecule has 0 aliphatic carbocycles. The van der Waals surface area contributed by atoms with Crippen LogP contribution in [0.15, 0.2) is 12.1 Å². The zero-order valence-electron chi connectivity index (χ0n) is 10.6. The van der Waals surface area contributed by atoms with E-state index in [0.717, 1.165) is 31.7 Å². The molecule has 2 fully saturated rings. The topological polar surface area (TPSA) is 84.4 Å². The fourth-order valence-electron chi connectivity index (χ4n) is 2.59. The highest BCUT2D eigenvalue weighted by atomic mass is 16.7. The highest BCUT2D eigenvalue weighted by Gasteiger charge is 2.40. The van der Waals surface area contributed by atoms with Crippen molar-refractivity contribution in [3.63, 3.8) is 0 Å². The van der Waals surface area contributed by atoms with Gasteiger partial charge in [0, 0.05) is 25.9 Å². The van der Waals surface area contributed by atoms with E-state index >= 15 is 0 Å². The molecule has 0 atom stereocenters. The van der Waals surface area contributed by atoms with Crippen LogP contribution in [0.5, 0.6) is 0 Å². The molecule has 2 saturated heterocycles. The third-order valence-electron chi connectivity index (χ3n) is 3.68. The Morgan fingerprint density at radius 3 is 2.58 bits per heavy atom. The minimum absolute atomic E-state index is 0.283. The number of piperidine rings is 1. The number of rotatable bonds is 1. The number of aromatic nitrogens is 1. The molecule has 2 aliphatic heterocycles. The molecule has 0 saturated carbocycles. The molecule has 0 amide bonds. The molecule has 0 unspecified atom stereocenters. The van der Waals surface area contributed by atoms with Gasteiger partial charge in [-0.15, -0.1) is 0 Å². The molecule has 2 N–H and O–H groups in total. The van der Waals surface area contributed by atoms with Crippen LogP contribution in [0.4, 0.5) is 11.5 Å². The van der Waals surface area contributed by atoms with Crippen molar-refractivity contribution in [1.29, 1.82) is 5.26 Å². The molecule has 6 nitrogen and oxygen atoms in total. The summed E-state index contributed by atoms with van der Waals surface area (Å²) in [7, 11) is 0. The Morgan fingerprint density at radius 1 is 1.26 bits per heavy atom. The minimum Gasteiger partial charge on any atom is -0.396 e. The summed E-state index contributed by atoms with van der Waals surface area (Å²) < 4.78 is 11.4. The smallest absolute Gasteiger partial charge is 0.171 e. The summed E-state index contributed by atoms with van der Waals surface area (Å²) in [5.74, 6) is 0.404. The molecular formula is C13H16N4O2. The standard InChI is InChI=1S/C13H16N4O2/c14-9-11-10(15)1-2-12(16-11)17-5-3-13(4-6-17)18-7-8-19-13/h1-2H,3-8,15H2. The first-order valence-corrected chi connectivity index (χ1v) is 6.42. The number of hydrogen-bond donors (Lipinski definition) is 1. The number of nitrogen functional groups attached to an aromatic ring is 1. The summed E-state index contributed by atoms with van der Waals surface area (Å²) in [6.07, 6.45) is 1.64. The van der Waals surface area contributed by atoms with Gasteiger partial charge < -0.3 is 20.1 Å². The summed E-state index contributed by atoms with van der Waals surface area (Å²) in [6.45, 7) is 2.97. The Balaban J connectivity index is 1.73. The van der Waals surface area contributed by atoms with Crippen molar-refractivity contribution in [1.82, 2.24) is 4.98 Å². The van der Waals surface area contributed by atoms with Crippen molar-refractivity contribution in [3.8, 4) is 6.07 Å². The second-order valence-corrected chi connectivity index (χ2v) is 4.81. The lowest BCUT2D eigenvalue weighted by molar-refractivity contribution is -0.169. The Morgan fingerprint density at radius 2 is 1.95 bits per heavy atom. The van der Waals surface area contributed by atoms with Gasteiger partial charge in [-0.2, -0.15) is 5.26 Å². The highest BCUT2D eigenvalue weighted by molar-refractivity contribution is 5.55. The molecule has 1 aromatic heterocycles. The number of nitrogens with zero attached hydrogens (tertiary/aromatic N) is 3. The normalized spacial score (nSPS) is 21.5. The van der Waals surface area contributed by atoms with Crippen molar-refractivity contribution in [2.45, 2.75) is 18.6 Å². The summed E-state index contributed by atoms with van der Waals surface area (Å²) in [6, 6.07) is 5.59. The van der Waals surface area contributed by atoms with Crippen LogP contribution in [0.1, 0.15) is 18.5 Å². The van der Waals surface area contributed by atoms with Gasteiger partial charge in [0.25, 0.3) is 0 Å². The average molecular weight is 260 g/mol. The lowest BCUT2D eigenvalue weighted by atomic mass is 10.0. The predicted octanol–water partition coefficient (Wildman–Crippen LogP) is 0.879. The number of nitrogens with two attached hydrogens (primary N) is 1. The monoisotopic (exact) mass is 260 g/mol. The average Bonchev–Trinajstić information content (AvgIpc) is 2.89. The van der Waals surface area contributed by atoms with E-state index in [2.05, 4.69) is 9.88 Å². The zero-order chi connectivity index (χ0) is 13.3. The molecule has 19 heavy (non-hydrogen) atoms. The Bertz CT molecular complexity index is 510. The van der Waals surface area contributed by atoms with E-state index in [1.807, 2.05) is 12.1 Å². The van der Waals surface area contributed by atoms with E-state index < -0.39 is 0 Å². The van der Waals surface area contributed by atoms with Crippen molar-refractivity contribution in [3.05, 3.63) is 17.8 Å². The van der Waals surface area contributed by atoms with E-state index in [4.69, 9.17) is 20.5 Å². The summed E-state index contributed by atoms with van der Waals surface area (Å²) in [4.78, 5) is 6.42. The van der Waals surface area contributed by atoms with Gasteiger partial charge in [-0.25, -0.2) is 4.98 Å². The summed E-state index contributed by atoms with van der Waals surface area (Å²) in [5, 5.41) is 8.96. The van der Waals surface area contributed by atoms with Crippen LogP contribution in [0.3, 0.4) is 0 Å². The third-order valence-corrected chi connectivity index (χ3v) is 3.68. The van der Waals surface area contributed by atoms with Gasteiger partial charge in [0.2, 0.25) is 0 Å². The van der Waals surface area contributed by atoms with Gasteiger partial charge in [0.15, 0.2) is 11.5 Å². The first kappa shape index (κ1) is 12.2. The van der Waals surface area contributed by atoms with E-state index in [9.17, 15) is 0 Å². The molecule has 0 bridgehead atoms. The first-order valence-electron chi connectivity index (χ1n) is 6.42. The molecule has 0 aromatic carbocycles. The van der Waals surface area contributed by atoms with Gasteiger partial charge in [-0.1, -0.05) is 0 Å². The third kappa shape index (κ3) is 2.23. The Kier molecular flexibility index (Phi) is 3.01. The molecule has 3 rings (SSSR count). The molecule has 1 aromatic rings. The zero-order valence-corrected chi connectivity index (χ0v) is 10.6. The quantitative estimate of drug-likeness (QED) is 0.806. The molecule has 2 aliphatic rings. The van der Waals surface area contributed by atoms with Crippen LogP contribution >= 0.6 is 0 Å². The lowest BCUT2D eigenvalue weighted by Gasteiger charge is -2.38. The fraction of sp³-hybridized carbons (Fsp3) is 0.538. The summed E-state index contributed by atoms with van der Waals surface area (Å²) in [5.41, 5.74) is 6.38. The molecule has 0 radical (unpaired) electrons. The predicted molar refractivity (Wildman–Crippen MR) is 69.4 cm³/mol. The van der Waals surface area contributed by atoms with Crippen molar-refractivity contribution in [2.75, 3.05) is 36.9 Å². The van der Waals surface area contributed by atoms with E-state index in [1.165, 1.54) is 0 Å². The van der Waals surface area contributed by atoms with Crippen LogP contribution < -0.4 is 10.6 Å². The van der Waals surface area contributed by atoms with Gasteiger partial charge in [0.1, 0.15) is 11.9 Å². The highest BCUT2D eigenvalue weighted by Crippen LogP contribution is 2.32. The SMILES string of the molecule is N#Cc1nc(N2CCC3(CC2)OCCO3)ccc1N. The number of ether oxygens (including phenoxy) is 2. The van der Waals surface area contributed by atoms with Gasteiger partial charge in [0.05, 0.1) is 18.9 Å².